The maximum Gasteiger partial charge on any atom is 0.0613 e. The van der Waals surface area contributed by atoms with Crippen LogP contribution < -0.4 is 5.32 Å². The lowest BCUT2D eigenvalue weighted by molar-refractivity contribution is 0.232. The lowest BCUT2D eigenvalue weighted by atomic mass is 10.3. The summed E-state index contributed by atoms with van der Waals surface area (Å²) in [5, 5.41) is 12.0. The highest BCUT2D eigenvalue weighted by molar-refractivity contribution is 5.00. The highest BCUT2D eigenvalue weighted by Gasteiger charge is 2.40. The predicted octanol–water partition coefficient (Wildman–Crippen LogP) is 1.15. The van der Waals surface area contributed by atoms with Gasteiger partial charge in [-0.2, -0.15) is 0 Å². The number of aliphatic hydroxyl groups is 1. The van der Waals surface area contributed by atoms with Gasteiger partial charge in [0.25, 0.3) is 0 Å². The fourth-order valence-electron chi connectivity index (χ4n) is 0.917. The molecule has 1 aliphatic rings. The van der Waals surface area contributed by atoms with E-state index in [1.807, 2.05) is 13.8 Å². The molecule has 10 heavy (non-hydrogen) atoms. The van der Waals surface area contributed by atoms with Gasteiger partial charge < -0.3 is 10.4 Å². The van der Waals surface area contributed by atoms with Gasteiger partial charge in [0.15, 0.2) is 0 Å². The second-order valence-corrected chi connectivity index (χ2v) is 2.47. The van der Waals surface area contributed by atoms with Crippen molar-refractivity contribution < 1.29 is 5.11 Å². The van der Waals surface area contributed by atoms with E-state index >= 15 is 0 Å². The van der Waals surface area contributed by atoms with E-state index in [0.29, 0.717) is 6.61 Å². The van der Waals surface area contributed by atoms with Crippen molar-refractivity contribution in [2.75, 3.05) is 13.2 Å². The molecule has 2 heteroatoms. The van der Waals surface area contributed by atoms with Crippen molar-refractivity contribution in [1.82, 2.24) is 5.32 Å². The molecule has 0 aromatic carbocycles. The minimum Gasteiger partial charge on any atom is -0.394 e. The smallest absolute Gasteiger partial charge is 0.0613 e. The van der Waals surface area contributed by atoms with Crippen LogP contribution >= 0.6 is 0 Å². The molecule has 0 radical (unpaired) electrons. The fourth-order valence-corrected chi connectivity index (χ4v) is 0.917. The number of rotatable bonds is 3. The van der Waals surface area contributed by atoms with Crippen LogP contribution in [0.3, 0.4) is 0 Å². The van der Waals surface area contributed by atoms with Gasteiger partial charge in [0.05, 0.1) is 6.61 Å². The zero-order valence-corrected chi connectivity index (χ0v) is 7.28. The van der Waals surface area contributed by atoms with Crippen molar-refractivity contribution in [2.24, 2.45) is 0 Å². The molecule has 1 saturated carbocycles. The fraction of sp³-hybridized carbons (Fsp3) is 1.00. The van der Waals surface area contributed by atoms with Crippen molar-refractivity contribution in [1.29, 1.82) is 0 Å². The molecule has 0 spiro atoms. The van der Waals surface area contributed by atoms with E-state index in [0.717, 1.165) is 19.4 Å². The zero-order valence-electron chi connectivity index (χ0n) is 7.28. The van der Waals surface area contributed by atoms with Crippen molar-refractivity contribution in [3.05, 3.63) is 0 Å². The number of hydrogen-bond donors (Lipinski definition) is 2. The lowest BCUT2D eigenvalue weighted by Crippen LogP contribution is -2.34. The van der Waals surface area contributed by atoms with E-state index in [1.54, 1.807) is 0 Å². The minimum absolute atomic E-state index is 0.148. The summed E-state index contributed by atoms with van der Waals surface area (Å²) >= 11 is 0. The molecule has 0 unspecified atom stereocenters. The summed E-state index contributed by atoms with van der Waals surface area (Å²) in [5.74, 6) is 0. The molecule has 2 nitrogen and oxygen atoms in total. The molecule has 1 fully saturated rings. The highest BCUT2D eigenvalue weighted by Crippen LogP contribution is 2.33. The van der Waals surface area contributed by atoms with Gasteiger partial charge in [-0.25, -0.2) is 0 Å². The Morgan fingerprint density at radius 2 is 1.90 bits per heavy atom. The first kappa shape index (κ1) is 9.92. The Morgan fingerprint density at radius 3 is 2.00 bits per heavy atom. The molecule has 0 atom stereocenters. The van der Waals surface area contributed by atoms with E-state index in [4.69, 9.17) is 5.11 Å². The maximum absolute atomic E-state index is 8.73. The van der Waals surface area contributed by atoms with Crippen molar-refractivity contribution in [2.45, 2.75) is 39.2 Å². The lowest BCUT2D eigenvalue weighted by Gasteiger charge is -2.10. The van der Waals surface area contributed by atoms with E-state index in [-0.39, 0.29) is 5.54 Å². The first-order valence-corrected chi connectivity index (χ1v) is 4.19. The molecular formula is C8H19NO. The topological polar surface area (TPSA) is 32.3 Å². The summed E-state index contributed by atoms with van der Waals surface area (Å²) < 4.78 is 0. The van der Waals surface area contributed by atoms with E-state index in [9.17, 15) is 0 Å². The molecule has 0 aromatic heterocycles. The summed E-state index contributed by atoms with van der Waals surface area (Å²) in [4.78, 5) is 0. The predicted molar refractivity (Wildman–Crippen MR) is 44.1 cm³/mol. The van der Waals surface area contributed by atoms with Gasteiger partial charge >= 0.3 is 0 Å². The van der Waals surface area contributed by atoms with Crippen LogP contribution in [0.25, 0.3) is 0 Å². The van der Waals surface area contributed by atoms with Crippen LogP contribution in [-0.4, -0.2) is 23.8 Å². The van der Waals surface area contributed by atoms with Gasteiger partial charge in [-0.05, 0) is 19.4 Å². The Bertz CT molecular complexity index is 79.3. The maximum atomic E-state index is 8.73. The third-order valence-corrected chi connectivity index (χ3v) is 1.71. The van der Waals surface area contributed by atoms with Gasteiger partial charge in [0.2, 0.25) is 0 Å². The van der Waals surface area contributed by atoms with Crippen LogP contribution in [0.4, 0.5) is 0 Å². The summed E-state index contributed by atoms with van der Waals surface area (Å²) in [5.41, 5.74) is 0.148. The molecule has 0 saturated heterocycles. The molecule has 0 aromatic rings. The van der Waals surface area contributed by atoms with E-state index in [2.05, 4.69) is 12.2 Å². The Balaban J connectivity index is 0.000000371. The van der Waals surface area contributed by atoms with Crippen molar-refractivity contribution in [3.8, 4) is 0 Å². The SMILES string of the molecule is CC.CCNC1(CO)CC1. The summed E-state index contributed by atoms with van der Waals surface area (Å²) in [7, 11) is 0. The Morgan fingerprint density at radius 1 is 1.40 bits per heavy atom. The standard InChI is InChI=1S/C6H13NO.C2H6/c1-2-7-6(5-8)3-4-6;1-2/h7-8H,2-5H2,1H3;1-2H3. The third-order valence-electron chi connectivity index (χ3n) is 1.71. The molecular weight excluding hydrogens is 126 g/mol. The quantitative estimate of drug-likeness (QED) is 0.624. The van der Waals surface area contributed by atoms with Crippen LogP contribution in [0.1, 0.15) is 33.6 Å². The van der Waals surface area contributed by atoms with Crippen molar-refractivity contribution >= 4 is 0 Å². The Labute approximate surface area is 63.6 Å². The third kappa shape index (κ3) is 2.67. The minimum atomic E-state index is 0.148. The van der Waals surface area contributed by atoms with Crippen LogP contribution in [0.5, 0.6) is 0 Å². The summed E-state index contributed by atoms with van der Waals surface area (Å²) in [6.07, 6.45) is 2.30. The Hall–Kier alpha value is -0.0800. The van der Waals surface area contributed by atoms with E-state index in [1.165, 1.54) is 0 Å². The second kappa shape index (κ2) is 4.69. The molecule has 2 N–H and O–H groups in total. The Kier molecular flexibility index (Phi) is 4.65. The molecule has 62 valence electrons. The number of hydrogen-bond acceptors (Lipinski definition) is 2. The molecule has 0 aliphatic heterocycles. The van der Waals surface area contributed by atoms with Gasteiger partial charge in [0, 0.05) is 5.54 Å². The van der Waals surface area contributed by atoms with Gasteiger partial charge in [-0.1, -0.05) is 20.8 Å². The average molecular weight is 145 g/mol. The van der Waals surface area contributed by atoms with Gasteiger partial charge in [-0.3, -0.25) is 0 Å². The van der Waals surface area contributed by atoms with E-state index < -0.39 is 0 Å². The van der Waals surface area contributed by atoms with Crippen molar-refractivity contribution in [3.63, 3.8) is 0 Å². The molecule has 0 amide bonds. The average Bonchev–Trinajstić information content (AvgIpc) is 2.75. The summed E-state index contributed by atoms with van der Waals surface area (Å²) in [6.45, 7) is 7.34. The monoisotopic (exact) mass is 145 g/mol. The number of aliphatic hydroxyl groups excluding tert-OH is 1. The van der Waals surface area contributed by atoms with Crippen LogP contribution in [0.15, 0.2) is 0 Å². The van der Waals surface area contributed by atoms with Crippen LogP contribution in [-0.2, 0) is 0 Å². The number of likely N-dealkylation sites (N-methyl/N-ethyl adjacent to an activating group) is 1. The van der Waals surface area contributed by atoms with Crippen LogP contribution in [0, 0.1) is 0 Å². The number of nitrogens with one attached hydrogen (secondary N) is 1. The molecule has 1 rings (SSSR count). The largest absolute Gasteiger partial charge is 0.394 e. The second-order valence-electron chi connectivity index (χ2n) is 2.47. The highest BCUT2D eigenvalue weighted by atomic mass is 16.3. The van der Waals surface area contributed by atoms with Gasteiger partial charge in [-0.15, -0.1) is 0 Å². The first-order chi connectivity index (χ1) is 4.83. The zero-order chi connectivity index (χ0) is 8.04. The van der Waals surface area contributed by atoms with Gasteiger partial charge in [0.1, 0.15) is 0 Å². The first-order valence-electron chi connectivity index (χ1n) is 4.19. The van der Waals surface area contributed by atoms with Crippen LogP contribution in [0.2, 0.25) is 0 Å². The molecule has 1 aliphatic carbocycles. The molecule has 0 bridgehead atoms. The normalized spacial score (nSPS) is 19.2. The molecule has 0 heterocycles. The summed E-state index contributed by atoms with van der Waals surface area (Å²) in [6, 6.07) is 0.